The summed E-state index contributed by atoms with van der Waals surface area (Å²) in [6, 6.07) is 0. The minimum absolute atomic E-state index is 0.124. The first kappa shape index (κ1) is 10.8. The Kier molecular flexibility index (Phi) is 4.02. The summed E-state index contributed by atoms with van der Waals surface area (Å²) in [5.41, 5.74) is 0. The lowest BCUT2D eigenvalue weighted by Gasteiger charge is -2.33. The van der Waals surface area contributed by atoms with E-state index in [1.54, 1.807) is 0 Å². The zero-order valence-electron chi connectivity index (χ0n) is 7.22. The van der Waals surface area contributed by atoms with Crippen LogP contribution in [0.2, 0.25) is 0 Å². The zero-order valence-corrected chi connectivity index (χ0v) is 8.04. The first-order chi connectivity index (χ1) is 6.15. The number of hydrogen-bond acceptors (Lipinski definition) is 4. The molecule has 0 aromatic rings. The summed E-state index contributed by atoms with van der Waals surface area (Å²) in [5.74, 6) is -0.580. The number of aliphatic hydroxyl groups excluding tert-OH is 2. The molecule has 13 heavy (non-hydrogen) atoms. The van der Waals surface area contributed by atoms with E-state index in [2.05, 4.69) is 0 Å². The largest absolute Gasteiger partial charge is 0.481 e. The van der Waals surface area contributed by atoms with Crippen LogP contribution in [-0.4, -0.2) is 45.0 Å². The number of carboxylic acid groups (broad SMARTS) is 1. The highest BCUT2D eigenvalue weighted by Gasteiger charge is 2.36. The zero-order chi connectivity index (χ0) is 9.84. The summed E-state index contributed by atoms with van der Waals surface area (Å²) < 4.78 is 0. The van der Waals surface area contributed by atoms with E-state index in [-0.39, 0.29) is 17.8 Å². The maximum Gasteiger partial charge on any atom is 0.307 e. The molecule has 4 nitrogen and oxygen atoms in total. The molecule has 0 aromatic heterocycles. The molecule has 0 bridgehead atoms. The number of hydrogen-bond donors (Lipinski definition) is 3. The summed E-state index contributed by atoms with van der Waals surface area (Å²) in [5, 5.41) is 26.4. The Morgan fingerprint density at radius 1 is 1.54 bits per heavy atom. The lowest BCUT2D eigenvalue weighted by Crippen LogP contribution is -2.36. The van der Waals surface area contributed by atoms with E-state index in [4.69, 9.17) is 15.3 Å². The second-order valence-electron chi connectivity index (χ2n) is 3.23. The van der Waals surface area contributed by atoms with E-state index >= 15 is 0 Å². The highest BCUT2D eigenvalue weighted by atomic mass is 32.2. The smallest absolute Gasteiger partial charge is 0.307 e. The van der Waals surface area contributed by atoms with Crippen molar-refractivity contribution in [3.63, 3.8) is 0 Å². The van der Waals surface area contributed by atoms with Gasteiger partial charge in [-0.2, -0.15) is 11.8 Å². The minimum Gasteiger partial charge on any atom is -0.481 e. The fraction of sp³-hybridized carbons (Fsp3) is 0.875. The summed E-state index contributed by atoms with van der Waals surface area (Å²) in [6.07, 6.45) is 0.919. The van der Waals surface area contributed by atoms with Crippen molar-refractivity contribution in [3.05, 3.63) is 0 Å². The van der Waals surface area contributed by atoms with Crippen LogP contribution in [0.25, 0.3) is 0 Å². The summed E-state index contributed by atoms with van der Waals surface area (Å²) in [6.45, 7) is -0.253. The molecule has 3 atom stereocenters. The fourth-order valence-electron chi connectivity index (χ4n) is 1.24. The summed E-state index contributed by atoms with van der Waals surface area (Å²) in [4.78, 5) is 10.6. The normalized spacial score (nSPS) is 29.4. The van der Waals surface area contributed by atoms with Crippen LogP contribution in [0.15, 0.2) is 0 Å². The standard InChI is InChI=1S/C8H14O4S/c9-3-5(10)4-13-7-2-1-6(7)8(11)12/h5-7,9-10H,1-4H2,(H,11,12). The SMILES string of the molecule is O=C(O)C1CCC1SCC(O)CO. The molecule has 5 heteroatoms. The molecule has 0 aromatic carbocycles. The van der Waals surface area contributed by atoms with Crippen molar-refractivity contribution in [3.8, 4) is 0 Å². The quantitative estimate of drug-likeness (QED) is 0.587. The first-order valence-electron chi connectivity index (χ1n) is 4.28. The lowest BCUT2D eigenvalue weighted by molar-refractivity contribution is -0.144. The van der Waals surface area contributed by atoms with Crippen molar-refractivity contribution >= 4 is 17.7 Å². The van der Waals surface area contributed by atoms with Crippen molar-refractivity contribution in [2.75, 3.05) is 12.4 Å². The van der Waals surface area contributed by atoms with Gasteiger partial charge in [-0.05, 0) is 12.8 Å². The Hall–Kier alpha value is -0.260. The van der Waals surface area contributed by atoms with Crippen molar-refractivity contribution < 1.29 is 20.1 Å². The number of aliphatic carboxylic acids is 1. The average molecular weight is 206 g/mol. The van der Waals surface area contributed by atoms with Crippen LogP contribution in [0.1, 0.15) is 12.8 Å². The second-order valence-corrected chi connectivity index (χ2v) is 4.50. The first-order valence-corrected chi connectivity index (χ1v) is 5.33. The molecule has 3 N–H and O–H groups in total. The van der Waals surface area contributed by atoms with Gasteiger partial charge in [0.25, 0.3) is 0 Å². The van der Waals surface area contributed by atoms with Crippen LogP contribution in [0.5, 0.6) is 0 Å². The van der Waals surface area contributed by atoms with Gasteiger partial charge >= 0.3 is 5.97 Å². The molecule has 1 saturated carbocycles. The molecule has 0 radical (unpaired) electrons. The Balaban J connectivity index is 2.19. The van der Waals surface area contributed by atoms with Gasteiger partial charge in [-0.15, -0.1) is 0 Å². The predicted octanol–water partition coefficient (Wildman–Crippen LogP) is -0.0640. The van der Waals surface area contributed by atoms with Crippen molar-refractivity contribution in [2.24, 2.45) is 5.92 Å². The number of aliphatic hydroxyl groups is 2. The van der Waals surface area contributed by atoms with Crippen LogP contribution >= 0.6 is 11.8 Å². The van der Waals surface area contributed by atoms with Crippen molar-refractivity contribution in [1.29, 1.82) is 0 Å². The minimum atomic E-state index is -0.748. The molecule has 1 rings (SSSR count). The Morgan fingerprint density at radius 2 is 2.23 bits per heavy atom. The monoisotopic (exact) mass is 206 g/mol. The van der Waals surface area contributed by atoms with Crippen molar-refractivity contribution in [1.82, 2.24) is 0 Å². The maximum atomic E-state index is 10.6. The molecular weight excluding hydrogens is 192 g/mol. The highest BCUT2D eigenvalue weighted by Crippen LogP contribution is 2.37. The maximum absolute atomic E-state index is 10.6. The van der Waals surface area contributed by atoms with Gasteiger partial charge in [0.2, 0.25) is 0 Å². The van der Waals surface area contributed by atoms with Crippen LogP contribution in [-0.2, 0) is 4.79 Å². The molecule has 0 amide bonds. The third-order valence-corrected chi connectivity index (χ3v) is 3.81. The fourth-order valence-corrected chi connectivity index (χ4v) is 2.60. The van der Waals surface area contributed by atoms with Gasteiger partial charge in [0.1, 0.15) is 0 Å². The molecule has 0 aliphatic heterocycles. The van der Waals surface area contributed by atoms with E-state index in [9.17, 15) is 4.79 Å². The van der Waals surface area contributed by atoms with Crippen LogP contribution in [0.4, 0.5) is 0 Å². The molecule has 3 unspecified atom stereocenters. The predicted molar refractivity (Wildman–Crippen MR) is 49.7 cm³/mol. The van der Waals surface area contributed by atoms with E-state index in [1.807, 2.05) is 0 Å². The van der Waals surface area contributed by atoms with Gasteiger partial charge in [-0.25, -0.2) is 0 Å². The number of carboxylic acids is 1. The van der Waals surface area contributed by atoms with Crippen molar-refractivity contribution in [2.45, 2.75) is 24.2 Å². The van der Waals surface area contributed by atoms with Gasteiger partial charge in [0, 0.05) is 11.0 Å². The lowest BCUT2D eigenvalue weighted by atomic mass is 9.85. The number of thioether (sulfide) groups is 1. The van der Waals surface area contributed by atoms with E-state index in [0.29, 0.717) is 5.75 Å². The molecule has 1 aliphatic carbocycles. The van der Waals surface area contributed by atoms with Gasteiger partial charge in [0.15, 0.2) is 0 Å². The molecule has 0 heterocycles. The van der Waals surface area contributed by atoms with Gasteiger partial charge < -0.3 is 15.3 Å². The Labute approximate surface area is 81.0 Å². The van der Waals surface area contributed by atoms with Crippen LogP contribution < -0.4 is 0 Å². The number of carbonyl (C=O) groups is 1. The molecule has 0 spiro atoms. The molecule has 1 aliphatic rings. The van der Waals surface area contributed by atoms with E-state index < -0.39 is 12.1 Å². The van der Waals surface area contributed by atoms with Crippen LogP contribution in [0.3, 0.4) is 0 Å². The Bertz CT molecular complexity index is 185. The van der Waals surface area contributed by atoms with Gasteiger partial charge in [0.05, 0.1) is 18.6 Å². The summed E-state index contributed by atoms with van der Waals surface area (Å²) in [7, 11) is 0. The highest BCUT2D eigenvalue weighted by molar-refractivity contribution is 8.00. The van der Waals surface area contributed by atoms with E-state index in [0.717, 1.165) is 12.8 Å². The average Bonchev–Trinajstić information content (AvgIpc) is 2.01. The van der Waals surface area contributed by atoms with E-state index in [1.165, 1.54) is 11.8 Å². The Morgan fingerprint density at radius 3 is 2.62 bits per heavy atom. The molecule has 0 saturated heterocycles. The molecule has 76 valence electrons. The second kappa shape index (κ2) is 4.83. The molecular formula is C8H14O4S. The van der Waals surface area contributed by atoms with Gasteiger partial charge in [-0.1, -0.05) is 0 Å². The molecule has 1 fully saturated rings. The van der Waals surface area contributed by atoms with Gasteiger partial charge in [-0.3, -0.25) is 4.79 Å². The third-order valence-electron chi connectivity index (χ3n) is 2.24. The topological polar surface area (TPSA) is 77.8 Å². The number of rotatable bonds is 5. The van der Waals surface area contributed by atoms with Crippen LogP contribution in [0, 0.1) is 5.92 Å². The summed E-state index contributed by atoms with van der Waals surface area (Å²) >= 11 is 1.44. The third kappa shape index (κ3) is 2.86.